The molecular weight excluding hydrogens is 559 g/mol. The number of carbonyl (C=O) groups excluding carboxylic acids is 1. The number of aromatic nitrogens is 4. The van der Waals surface area contributed by atoms with Crippen LogP contribution < -0.4 is 10.6 Å². The highest BCUT2D eigenvalue weighted by Gasteiger charge is 2.32. The van der Waals surface area contributed by atoms with Gasteiger partial charge in [-0.2, -0.15) is 18.2 Å². The van der Waals surface area contributed by atoms with Crippen LogP contribution in [0.3, 0.4) is 0 Å². The fourth-order valence-corrected chi connectivity index (χ4v) is 5.50. The summed E-state index contributed by atoms with van der Waals surface area (Å²) in [7, 11) is 0. The first kappa shape index (κ1) is 30.7. The molecule has 0 bridgehead atoms. The number of anilines is 1. The Morgan fingerprint density at radius 2 is 1.77 bits per heavy atom. The van der Waals surface area contributed by atoms with Crippen molar-refractivity contribution >= 4 is 22.5 Å². The van der Waals surface area contributed by atoms with Crippen LogP contribution in [0.25, 0.3) is 22.4 Å². The van der Waals surface area contributed by atoms with Crippen molar-refractivity contribution in [3.05, 3.63) is 54.2 Å². The van der Waals surface area contributed by atoms with E-state index >= 15 is 0 Å². The van der Waals surface area contributed by atoms with Crippen molar-refractivity contribution in [2.45, 2.75) is 90.8 Å². The van der Waals surface area contributed by atoms with Gasteiger partial charge in [-0.25, -0.2) is 0 Å². The van der Waals surface area contributed by atoms with Gasteiger partial charge in [-0.05, 0) is 78.6 Å². The zero-order valence-electron chi connectivity index (χ0n) is 25.5. The van der Waals surface area contributed by atoms with Crippen molar-refractivity contribution in [3.8, 4) is 11.5 Å². The first-order valence-corrected chi connectivity index (χ1v) is 14.6. The highest BCUT2D eigenvalue weighted by Crippen LogP contribution is 2.35. The van der Waals surface area contributed by atoms with Crippen LogP contribution in [0.2, 0.25) is 0 Å². The van der Waals surface area contributed by atoms with Crippen LogP contribution in [0.4, 0.5) is 18.9 Å². The average Bonchev–Trinajstić information content (AvgIpc) is 3.66. The molecule has 1 amide bonds. The fourth-order valence-electron chi connectivity index (χ4n) is 5.50. The molecule has 0 radical (unpaired) electrons. The zero-order valence-corrected chi connectivity index (χ0v) is 25.5. The molecule has 1 fully saturated rings. The standard InChI is InChI=1S/C31H40F3N7O2/c1-29(2,3)39-14-11-21(12-15-39)36-23-8-7-9-24-22(23)16-25(41(24)19-31(32,33)34)27-37-26(43-38-27)17-35-28(42)20-10-13-40(18-20)30(4,5)6/h7-10,13,16,18,21,36H,11-12,14-15,17,19H2,1-6H3,(H,35,42). The number of hydrogen-bond acceptors (Lipinski definition) is 6. The fraction of sp³-hybridized carbons (Fsp3) is 0.516. The van der Waals surface area contributed by atoms with Crippen molar-refractivity contribution in [1.82, 2.24) is 29.5 Å². The molecule has 1 aromatic carbocycles. The summed E-state index contributed by atoms with van der Waals surface area (Å²) in [6.45, 7) is 13.3. The Labute approximate surface area is 249 Å². The number of benzene rings is 1. The largest absolute Gasteiger partial charge is 0.406 e. The summed E-state index contributed by atoms with van der Waals surface area (Å²) in [4.78, 5) is 19.5. The third-order valence-electron chi connectivity index (χ3n) is 7.91. The zero-order chi connectivity index (χ0) is 31.2. The molecule has 0 saturated carbocycles. The molecule has 0 unspecified atom stereocenters. The molecule has 9 nitrogen and oxygen atoms in total. The summed E-state index contributed by atoms with van der Waals surface area (Å²) in [5.74, 6) is -0.211. The van der Waals surface area contributed by atoms with E-state index in [4.69, 9.17) is 4.52 Å². The number of fused-ring (bicyclic) bond motifs is 1. The molecule has 1 aliphatic rings. The molecule has 4 aromatic rings. The number of rotatable bonds is 7. The van der Waals surface area contributed by atoms with Gasteiger partial charge < -0.3 is 24.3 Å². The van der Waals surface area contributed by atoms with E-state index in [9.17, 15) is 18.0 Å². The van der Waals surface area contributed by atoms with Crippen LogP contribution in [-0.2, 0) is 18.6 Å². The van der Waals surface area contributed by atoms with Gasteiger partial charge >= 0.3 is 6.18 Å². The van der Waals surface area contributed by atoms with Crippen molar-refractivity contribution < 1.29 is 22.5 Å². The second-order valence-electron chi connectivity index (χ2n) is 13.2. The van der Waals surface area contributed by atoms with Crippen LogP contribution in [0, 0.1) is 0 Å². The van der Waals surface area contributed by atoms with E-state index < -0.39 is 12.7 Å². The first-order valence-electron chi connectivity index (χ1n) is 14.6. The maximum absolute atomic E-state index is 13.7. The smallest absolute Gasteiger partial charge is 0.382 e. The summed E-state index contributed by atoms with van der Waals surface area (Å²) in [5, 5.41) is 11.0. The highest BCUT2D eigenvalue weighted by molar-refractivity contribution is 5.96. The van der Waals surface area contributed by atoms with Crippen molar-refractivity contribution in [1.29, 1.82) is 0 Å². The van der Waals surface area contributed by atoms with Crippen molar-refractivity contribution in [2.75, 3.05) is 18.4 Å². The highest BCUT2D eigenvalue weighted by atomic mass is 19.4. The number of hydrogen-bond donors (Lipinski definition) is 2. The molecule has 1 saturated heterocycles. The molecule has 0 aliphatic carbocycles. The number of likely N-dealkylation sites (tertiary alicyclic amines) is 1. The van der Waals surface area contributed by atoms with E-state index in [1.165, 1.54) is 4.57 Å². The number of nitrogens with zero attached hydrogens (tertiary/aromatic N) is 5. The van der Waals surface area contributed by atoms with Gasteiger partial charge in [-0.3, -0.25) is 9.69 Å². The maximum atomic E-state index is 13.7. The first-order chi connectivity index (χ1) is 20.1. The summed E-state index contributed by atoms with van der Waals surface area (Å²) in [6.07, 6.45) is 0.990. The van der Waals surface area contributed by atoms with Crippen molar-refractivity contribution in [3.63, 3.8) is 0 Å². The van der Waals surface area contributed by atoms with E-state index in [1.54, 1.807) is 30.5 Å². The second kappa shape index (κ2) is 11.4. The lowest BCUT2D eigenvalue weighted by Gasteiger charge is -2.41. The van der Waals surface area contributed by atoms with Gasteiger partial charge in [0.25, 0.3) is 5.91 Å². The van der Waals surface area contributed by atoms with E-state index in [0.29, 0.717) is 16.5 Å². The molecule has 43 heavy (non-hydrogen) atoms. The lowest BCUT2D eigenvalue weighted by Crippen LogP contribution is -2.48. The number of nitrogens with one attached hydrogen (secondary N) is 2. The molecule has 5 rings (SSSR count). The minimum atomic E-state index is -4.46. The Kier molecular flexibility index (Phi) is 8.10. The quantitative estimate of drug-likeness (QED) is 0.255. The molecule has 0 atom stereocenters. The van der Waals surface area contributed by atoms with Crippen LogP contribution in [0.1, 0.15) is 70.6 Å². The number of carbonyl (C=O) groups is 1. The average molecular weight is 600 g/mol. The Bertz CT molecular complexity index is 1580. The summed E-state index contributed by atoms with van der Waals surface area (Å²) >= 11 is 0. The summed E-state index contributed by atoms with van der Waals surface area (Å²) in [6, 6.07) is 8.92. The van der Waals surface area contributed by atoms with Gasteiger partial charge in [0.1, 0.15) is 6.54 Å². The van der Waals surface area contributed by atoms with Gasteiger partial charge in [-0.1, -0.05) is 11.2 Å². The number of halogens is 3. The summed E-state index contributed by atoms with van der Waals surface area (Å²) in [5.41, 5.74) is 1.78. The third kappa shape index (κ3) is 7.06. The SMILES string of the molecule is CC(C)(C)N1CCC(Nc2cccc3c2cc(-c2noc(CNC(=O)c4ccn(C(C)(C)C)c4)n2)n3CC(F)(F)F)CC1. The molecule has 0 spiro atoms. The van der Waals surface area contributed by atoms with Gasteiger partial charge in [0, 0.05) is 53.7 Å². The topological polar surface area (TPSA) is 93.2 Å². The van der Waals surface area contributed by atoms with E-state index in [2.05, 4.69) is 46.4 Å². The van der Waals surface area contributed by atoms with Crippen molar-refractivity contribution in [2.24, 2.45) is 0 Å². The Hall–Kier alpha value is -3.80. The van der Waals surface area contributed by atoms with Crippen LogP contribution in [0.5, 0.6) is 0 Å². The number of amides is 1. The van der Waals surface area contributed by atoms with E-state index in [0.717, 1.165) is 31.6 Å². The second-order valence-corrected chi connectivity index (χ2v) is 13.2. The predicted octanol–water partition coefficient (Wildman–Crippen LogP) is 6.41. The van der Waals surface area contributed by atoms with Gasteiger partial charge in [0.2, 0.25) is 11.7 Å². The minimum Gasteiger partial charge on any atom is -0.382 e. The lowest BCUT2D eigenvalue weighted by atomic mass is 9.97. The Morgan fingerprint density at radius 1 is 1.05 bits per heavy atom. The monoisotopic (exact) mass is 599 g/mol. The van der Waals surface area contributed by atoms with Crippen LogP contribution >= 0.6 is 0 Å². The lowest BCUT2D eigenvalue weighted by molar-refractivity contribution is -0.139. The molecule has 232 valence electrons. The van der Waals surface area contributed by atoms with Gasteiger partial charge in [-0.15, -0.1) is 0 Å². The molecule has 1 aliphatic heterocycles. The van der Waals surface area contributed by atoms with Crippen LogP contribution in [0.15, 0.2) is 47.2 Å². The Balaban J connectivity index is 1.36. The summed E-state index contributed by atoms with van der Waals surface area (Å²) < 4.78 is 49.7. The van der Waals surface area contributed by atoms with E-state index in [-0.39, 0.29) is 47.0 Å². The Morgan fingerprint density at radius 3 is 2.40 bits per heavy atom. The molecule has 4 heterocycles. The predicted molar refractivity (Wildman–Crippen MR) is 160 cm³/mol. The molecular formula is C31H40F3N7O2. The van der Waals surface area contributed by atoms with Gasteiger partial charge in [0.05, 0.1) is 23.3 Å². The molecule has 3 aromatic heterocycles. The van der Waals surface area contributed by atoms with Gasteiger partial charge in [0.15, 0.2) is 0 Å². The number of piperidine rings is 1. The maximum Gasteiger partial charge on any atom is 0.406 e. The minimum absolute atomic E-state index is 0.0213. The van der Waals surface area contributed by atoms with Crippen LogP contribution in [-0.4, -0.2) is 60.9 Å². The molecule has 2 N–H and O–H groups in total. The van der Waals surface area contributed by atoms with E-state index in [1.807, 2.05) is 37.6 Å². The normalized spacial score (nSPS) is 15.7. The third-order valence-corrected chi connectivity index (χ3v) is 7.91. The molecule has 12 heteroatoms. The number of alkyl halides is 3.